The number of nitrogens with zero attached hydrogens (tertiary/aromatic N) is 3. The lowest BCUT2D eigenvalue weighted by atomic mass is 9.93. The van der Waals surface area contributed by atoms with Gasteiger partial charge in [0.25, 0.3) is 0 Å². The van der Waals surface area contributed by atoms with E-state index in [9.17, 15) is 9.50 Å². The Labute approximate surface area is 148 Å². The van der Waals surface area contributed by atoms with Gasteiger partial charge in [-0.1, -0.05) is 11.6 Å². The van der Waals surface area contributed by atoms with Gasteiger partial charge in [-0.3, -0.25) is 0 Å². The predicted molar refractivity (Wildman–Crippen MR) is 94.0 cm³/mol. The topological polar surface area (TPSA) is 86.7 Å². The van der Waals surface area contributed by atoms with E-state index in [-0.39, 0.29) is 18.0 Å². The molecule has 8 heteroatoms. The van der Waals surface area contributed by atoms with Gasteiger partial charge in [0.15, 0.2) is 17.5 Å². The molecule has 0 radical (unpaired) electrons. The van der Waals surface area contributed by atoms with E-state index in [0.29, 0.717) is 28.5 Å². The first-order chi connectivity index (χ1) is 12.1. The maximum atomic E-state index is 14.2. The zero-order chi connectivity index (χ0) is 17.4. The van der Waals surface area contributed by atoms with Crippen LogP contribution in [0.25, 0.3) is 22.4 Å². The van der Waals surface area contributed by atoms with Crippen LogP contribution < -0.4 is 5.32 Å². The number of aromatic amines is 1. The van der Waals surface area contributed by atoms with Crippen LogP contribution in [0.3, 0.4) is 0 Å². The van der Waals surface area contributed by atoms with Gasteiger partial charge in [-0.05, 0) is 31.7 Å². The van der Waals surface area contributed by atoms with E-state index in [4.69, 9.17) is 11.6 Å². The van der Waals surface area contributed by atoms with Gasteiger partial charge in [-0.2, -0.15) is 0 Å². The molecule has 3 aromatic heterocycles. The highest BCUT2D eigenvalue weighted by atomic mass is 35.5. The second-order valence-corrected chi connectivity index (χ2v) is 6.74. The Hall–Kier alpha value is -2.25. The summed E-state index contributed by atoms with van der Waals surface area (Å²) in [6.45, 7) is 0. The van der Waals surface area contributed by atoms with Crippen LogP contribution in [0.2, 0.25) is 5.02 Å². The van der Waals surface area contributed by atoms with Crippen molar-refractivity contribution in [3.63, 3.8) is 0 Å². The van der Waals surface area contributed by atoms with E-state index in [1.807, 2.05) is 0 Å². The van der Waals surface area contributed by atoms with Gasteiger partial charge in [0.1, 0.15) is 5.65 Å². The van der Waals surface area contributed by atoms with Crippen LogP contribution in [-0.2, 0) is 0 Å². The number of hydrogen-bond donors (Lipinski definition) is 3. The molecule has 1 saturated carbocycles. The standard InChI is InChI=1S/C17H17ClFN5O/c18-9-4-12-13(7-21-15(12)20-6-9)16-22-8-14(19)17(24-16)23-10-2-1-3-11(25)5-10/h4,6-8,10-11,25H,1-3,5H2,(H,20,21)(H,22,23,24)/t10?,11-/m0/s1. The number of H-pyrrole nitrogens is 1. The van der Waals surface area contributed by atoms with Gasteiger partial charge in [0, 0.05) is 29.4 Å². The maximum absolute atomic E-state index is 14.2. The van der Waals surface area contributed by atoms with Gasteiger partial charge >= 0.3 is 0 Å². The van der Waals surface area contributed by atoms with Crippen molar-refractivity contribution < 1.29 is 9.50 Å². The van der Waals surface area contributed by atoms with E-state index in [1.54, 1.807) is 18.5 Å². The number of hydrogen-bond acceptors (Lipinski definition) is 5. The molecule has 0 aromatic carbocycles. The molecule has 3 N–H and O–H groups in total. The van der Waals surface area contributed by atoms with Crippen molar-refractivity contribution in [2.75, 3.05) is 5.32 Å². The van der Waals surface area contributed by atoms with E-state index in [1.165, 1.54) is 0 Å². The molecule has 0 bridgehead atoms. The van der Waals surface area contributed by atoms with Gasteiger partial charge in [-0.25, -0.2) is 19.3 Å². The Bertz CT molecular complexity index is 915. The summed E-state index contributed by atoms with van der Waals surface area (Å²) in [6.07, 6.45) is 7.25. The fourth-order valence-electron chi connectivity index (χ4n) is 3.25. The summed E-state index contributed by atoms with van der Waals surface area (Å²) in [5, 5.41) is 14.2. The van der Waals surface area contributed by atoms with Crippen LogP contribution >= 0.6 is 11.6 Å². The average Bonchev–Trinajstić information content (AvgIpc) is 3.00. The number of aromatic nitrogens is 4. The SMILES string of the molecule is O[C@H]1CCCC(Nc2nc(-c3c[nH]c4ncc(Cl)cc34)ncc2F)C1. The Morgan fingerprint density at radius 1 is 1.28 bits per heavy atom. The Morgan fingerprint density at radius 3 is 3.00 bits per heavy atom. The fourth-order valence-corrected chi connectivity index (χ4v) is 3.41. The minimum Gasteiger partial charge on any atom is -0.393 e. The molecule has 3 heterocycles. The van der Waals surface area contributed by atoms with Crippen LogP contribution in [0.15, 0.2) is 24.7 Å². The lowest BCUT2D eigenvalue weighted by Gasteiger charge is -2.27. The molecule has 0 aliphatic heterocycles. The van der Waals surface area contributed by atoms with Crippen molar-refractivity contribution in [2.24, 2.45) is 0 Å². The first kappa shape index (κ1) is 16.2. The number of fused-ring (bicyclic) bond motifs is 1. The smallest absolute Gasteiger partial charge is 0.183 e. The van der Waals surface area contributed by atoms with Crippen molar-refractivity contribution in [1.29, 1.82) is 0 Å². The molecule has 1 unspecified atom stereocenters. The third-order valence-electron chi connectivity index (χ3n) is 4.47. The molecular formula is C17H17ClFN5O. The molecule has 130 valence electrons. The average molecular weight is 362 g/mol. The first-order valence-electron chi connectivity index (χ1n) is 8.20. The van der Waals surface area contributed by atoms with Crippen LogP contribution in [0.4, 0.5) is 10.2 Å². The summed E-state index contributed by atoms with van der Waals surface area (Å²) in [5.74, 6) is 0.0174. The summed E-state index contributed by atoms with van der Waals surface area (Å²) in [6, 6.07) is 1.77. The van der Waals surface area contributed by atoms with Gasteiger partial charge in [0.05, 0.1) is 17.3 Å². The van der Waals surface area contributed by atoms with E-state index >= 15 is 0 Å². The maximum Gasteiger partial charge on any atom is 0.183 e. The fraction of sp³-hybridized carbons (Fsp3) is 0.353. The predicted octanol–water partition coefficient (Wildman–Crippen LogP) is 3.53. The van der Waals surface area contributed by atoms with E-state index < -0.39 is 5.82 Å². The summed E-state index contributed by atoms with van der Waals surface area (Å²) in [4.78, 5) is 15.7. The molecule has 3 aromatic rings. The minimum atomic E-state index is -0.514. The van der Waals surface area contributed by atoms with Crippen molar-refractivity contribution in [2.45, 2.75) is 37.8 Å². The van der Waals surface area contributed by atoms with Crippen molar-refractivity contribution >= 4 is 28.5 Å². The largest absolute Gasteiger partial charge is 0.393 e. The van der Waals surface area contributed by atoms with Crippen LogP contribution in [0.5, 0.6) is 0 Å². The second kappa shape index (κ2) is 6.57. The number of anilines is 1. The summed E-state index contributed by atoms with van der Waals surface area (Å²) >= 11 is 6.02. The Balaban J connectivity index is 1.67. The minimum absolute atomic E-state index is 0.0000741. The summed E-state index contributed by atoms with van der Waals surface area (Å²) in [7, 11) is 0. The molecule has 6 nitrogen and oxygen atoms in total. The van der Waals surface area contributed by atoms with Crippen LogP contribution in [0, 0.1) is 5.82 Å². The molecule has 25 heavy (non-hydrogen) atoms. The van der Waals surface area contributed by atoms with Crippen molar-refractivity contribution in [3.05, 3.63) is 35.5 Å². The molecule has 1 aliphatic rings. The molecule has 0 spiro atoms. The number of rotatable bonds is 3. The van der Waals surface area contributed by atoms with Gasteiger partial charge < -0.3 is 15.4 Å². The molecule has 1 aliphatic carbocycles. The number of nitrogens with one attached hydrogen (secondary N) is 2. The monoisotopic (exact) mass is 361 g/mol. The van der Waals surface area contributed by atoms with Crippen molar-refractivity contribution in [3.8, 4) is 11.4 Å². The quantitative estimate of drug-likeness (QED) is 0.664. The van der Waals surface area contributed by atoms with Gasteiger partial charge in [-0.15, -0.1) is 0 Å². The van der Waals surface area contributed by atoms with E-state index in [2.05, 4.69) is 25.3 Å². The van der Waals surface area contributed by atoms with Crippen LogP contribution in [-0.4, -0.2) is 37.2 Å². The zero-order valence-corrected chi connectivity index (χ0v) is 14.1. The highest BCUT2D eigenvalue weighted by molar-refractivity contribution is 6.31. The lowest BCUT2D eigenvalue weighted by Crippen LogP contribution is -2.30. The summed E-state index contributed by atoms with van der Waals surface area (Å²) < 4.78 is 14.2. The number of pyridine rings is 1. The number of aliphatic hydroxyl groups is 1. The highest BCUT2D eigenvalue weighted by Crippen LogP contribution is 2.29. The van der Waals surface area contributed by atoms with E-state index in [0.717, 1.165) is 30.8 Å². The molecular weight excluding hydrogens is 345 g/mol. The normalized spacial score (nSPS) is 20.8. The van der Waals surface area contributed by atoms with Crippen molar-refractivity contribution in [1.82, 2.24) is 19.9 Å². The van der Waals surface area contributed by atoms with Crippen LogP contribution in [0.1, 0.15) is 25.7 Å². The zero-order valence-electron chi connectivity index (χ0n) is 13.3. The third-order valence-corrected chi connectivity index (χ3v) is 4.68. The Kier molecular flexibility index (Phi) is 4.27. The molecule has 0 saturated heterocycles. The molecule has 1 fully saturated rings. The Morgan fingerprint density at radius 2 is 2.16 bits per heavy atom. The molecule has 2 atom stereocenters. The number of aliphatic hydroxyl groups excluding tert-OH is 1. The number of halogens is 2. The first-order valence-corrected chi connectivity index (χ1v) is 8.58. The third kappa shape index (κ3) is 3.29. The van der Waals surface area contributed by atoms with Gasteiger partial charge in [0.2, 0.25) is 0 Å². The molecule has 4 rings (SSSR count). The highest BCUT2D eigenvalue weighted by Gasteiger charge is 2.22. The summed E-state index contributed by atoms with van der Waals surface area (Å²) in [5.41, 5.74) is 1.37. The molecule has 0 amide bonds. The second-order valence-electron chi connectivity index (χ2n) is 6.30. The lowest BCUT2D eigenvalue weighted by molar-refractivity contribution is 0.124.